The number of benzene rings is 1. The summed E-state index contributed by atoms with van der Waals surface area (Å²) in [6.45, 7) is -0.0759. The second kappa shape index (κ2) is 7.62. The first-order valence-corrected chi connectivity index (χ1v) is 7.33. The van der Waals surface area contributed by atoms with Crippen molar-refractivity contribution in [3.63, 3.8) is 0 Å². The smallest absolute Gasteiger partial charge is 0.244 e. The van der Waals surface area contributed by atoms with Gasteiger partial charge in [0.1, 0.15) is 0 Å². The molecule has 3 nitrogen and oxygen atoms in total. The Morgan fingerprint density at radius 2 is 2.05 bits per heavy atom. The summed E-state index contributed by atoms with van der Waals surface area (Å²) in [5.41, 5.74) is 1.09. The van der Waals surface area contributed by atoms with E-state index in [-0.39, 0.29) is 18.6 Å². The third-order valence-electron chi connectivity index (χ3n) is 2.83. The summed E-state index contributed by atoms with van der Waals surface area (Å²) < 4.78 is 0. The van der Waals surface area contributed by atoms with Crippen molar-refractivity contribution in [3.05, 3.63) is 64.4 Å². The van der Waals surface area contributed by atoms with Crippen LogP contribution >= 0.6 is 11.3 Å². The number of amides is 1. The van der Waals surface area contributed by atoms with Crippen molar-refractivity contribution in [2.24, 2.45) is 0 Å². The molecule has 0 saturated carbocycles. The monoisotopic (exact) mass is 287 g/mol. The average Bonchev–Trinajstić information content (AvgIpc) is 2.99. The largest absolute Gasteiger partial charge is 0.394 e. The van der Waals surface area contributed by atoms with Crippen LogP contribution in [0.2, 0.25) is 0 Å². The number of thiophene rings is 1. The quantitative estimate of drug-likeness (QED) is 0.802. The molecular weight excluding hydrogens is 270 g/mol. The highest BCUT2D eigenvalue weighted by Crippen LogP contribution is 2.10. The van der Waals surface area contributed by atoms with E-state index in [1.165, 1.54) is 6.08 Å². The molecule has 20 heavy (non-hydrogen) atoms. The fourth-order valence-corrected chi connectivity index (χ4v) is 2.47. The minimum atomic E-state index is -0.266. The van der Waals surface area contributed by atoms with Gasteiger partial charge in [0.05, 0.1) is 12.6 Å². The van der Waals surface area contributed by atoms with E-state index < -0.39 is 0 Å². The Balaban J connectivity index is 1.88. The van der Waals surface area contributed by atoms with Crippen molar-refractivity contribution in [1.82, 2.24) is 5.32 Å². The predicted octanol–water partition coefficient (Wildman–Crippen LogP) is 2.48. The first-order chi connectivity index (χ1) is 9.78. The summed E-state index contributed by atoms with van der Waals surface area (Å²) >= 11 is 1.58. The molecule has 0 aliphatic heterocycles. The zero-order chi connectivity index (χ0) is 14.2. The van der Waals surface area contributed by atoms with Crippen LogP contribution in [0, 0.1) is 0 Å². The Kier molecular flexibility index (Phi) is 5.53. The molecule has 0 aliphatic carbocycles. The van der Waals surface area contributed by atoms with Gasteiger partial charge >= 0.3 is 0 Å². The van der Waals surface area contributed by atoms with E-state index in [0.29, 0.717) is 6.42 Å². The third-order valence-corrected chi connectivity index (χ3v) is 3.67. The molecule has 1 amide bonds. The molecule has 2 aromatic rings. The van der Waals surface area contributed by atoms with Crippen LogP contribution in [0.4, 0.5) is 0 Å². The third kappa shape index (κ3) is 4.64. The summed E-state index contributed by atoms with van der Waals surface area (Å²) in [5.74, 6) is -0.187. The topological polar surface area (TPSA) is 49.3 Å². The van der Waals surface area contributed by atoms with E-state index in [4.69, 9.17) is 0 Å². The van der Waals surface area contributed by atoms with Gasteiger partial charge in [-0.25, -0.2) is 0 Å². The Morgan fingerprint density at radius 1 is 1.25 bits per heavy atom. The van der Waals surface area contributed by atoms with Crippen molar-refractivity contribution in [1.29, 1.82) is 0 Å². The lowest BCUT2D eigenvalue weighted by Gasteiger charge is -2.15. The highest BCUT2D eigenvalue weighted by atomic mass is 32.1. The van der Waals surface area contributed by atoms with Crippen LogP contribution < -0.4 is 5.32 Å². The van der Waals surface area contributed by atoms with Gasteiger partial charge in [-0.15, -0.1) is 11.3 Å². The van der Waals surface area contributed by atoms with Crippen LogP contribution in [0.5, 0.6) is 0 Å². The fraction of sp³-hybridized carbons (Fsp3) is 0.188. The zero-order valence-electron chi connectivity index (χ0n) is 11.0. The SMILES string of the molecule is O=C(/C=C/c1cccs1)N[C@@H](CO)Cc1ccccc1. The Morgan fingerprint density at radius 3 is 2.70 bits per heavy atom. The van der Waals surface area contributed by atoms with Crippen LogP contribution in [-0.4, -0.2) is 23.7 Å². The molecule has 0 saturated heterocycles. The number of rotatable bonds is 6. The van der Waals surface area contributed by atoms with E-state index in [9.17, 15) is 9.90 Å². The van der Waals surface area contributed by atoms with Gasteiger partial charge in [-0.2, -0.15) is 0 Å². The molecule has 104 valence electrons. The van der Waals surface area contributed by atoms with Gasteiger partial charge in [0.15, 0.2) is 0 Å². The summed E-state index contributed by atoms with van der Waals surface area (Å²) in [6, 6.07) is 13.4. The second-order valence-corrected chi connectivity index (χ2v) is 5.41. The Hall–Kier alpha value is -1.91. The van der Waals surface area contributed by atoms with Gasteiger partial charge in [-0.3, -0.25) is 4.79 Å². The first-order valence-electron chi connectivity index (χ1n) is 6.45. The molecule has 2 rings (SSSR count). The summed E-state index contributed by atoms with van der Waals surface area (Å²) in [7, 11) is 0. The van der Waals surface area contributed by atoms with Gasteiger partial charge in [0.2, 0.25) is 5.91 Å². The molecule has 0 unspecified atom stereocenters. The molecule has 1 atom stereocenters. The number of carbonyl (C=O) groups excluding carboxylic acids is 1. The summed E-state index contributed by atoms with van der Waals surface area (Å²) in [5, 5.41) is 14.1. The van der Waals surface area contributed by atoms with E-state index in [1.807, 2.05) is 47.8 Å². The van der Waals surface area contributed by atoms with E-state index in [0.717, 1.165) is 10.4 Å². The first kappa shape index (κ1) is 14.5. The minimum Gasteiger partial charge on any atom is -0.394 e. The van der Waals surface area contributed by atoms with Crippen molar-refractivity contribution >= 4 is 23.3 Å². The van der Waals surface area contributed by atoms with E-state index >= 15 is 0 Å². The number of carbonyl (C=O) groups is 1. The maximum absolute atomic E-state index is 11.8. The molecule has 0 radical (unpaired) electrons. The molecule has 0 spiro atoms. The van der Waals surface area contributed by atoms with Crippen LogP contribution in [0.15, 0.2) is 53.9 Å². The summed E-state index contributed by atoms with van der Waals surface area (Å²) in [6.07, 6.45) is 3.90. The zero-order valence-corrected chi connectivity index (χ0v) is 11.8. The van der Waals surface area contributed by atoms with E-state index in [2.05, 4.69) is 5.32 Å². The second-order valence-electron chi connectivity index (χ2n) is 4.43. The van der Waals surface area contributed by atoms with Crippen molar-refractivity contribution in [2.45, 2.75) is 12.5 Å². The van der Waals surface area contributed by atoms with Gasteiger partial charge < -0.3 is 10.4 Å². The molecule has 0 bridgehead atoms. The number of nitrogens with one attached hydrogen (secondary N) is 1. The number of aliphatic hydroxyl groups excluding tert-OH is 1. The number of hydrogen-bond acceptors (Lipinski definition) is 3. The van der Waals surface area contributed by atoms with Crippen LogP contribution in [0.1, 0.15) is 10.4 Å². The van der Waals surface area contributed by atoms with Gasteiger partial charge in [0, 0.05) is 11.0 Å². The van der Waals surface area contributed by atoms with Crippen molar-refractivity contribution in [3.8, 4) is 0 Å². The maximum Gasteiger partial charge on any atom is 0.244 e. The van der Waals surface area contributed by atoms with E-state index in [1.54, 1.807) is 17.4 Å². The van der Waals surface area contributed by atoms with Gasteiger partial charge in [-0.05, 0) is 29.5 Å². The Bertz CT molecular complexity index is 549. The van der Waals surface area contributed by atoms with Crippen molar-refractivity contribution in [2.75, 3.05) is 6.61 Å². The number of aliphatic hydroxyl groups is 1. The van der Waals surface area contributed by atoms with Crippen molar-refractivity contribution < 1.29 is 9.90 Å². The predicted molar refractivity (Wildman–Crippen MR) is 82.5 cm³/mol. The normalized spacial score (nSPS) is 12.4. The lowest BCUT2D eigenvalue weighted by molar-refractivity contribution is -0.117. The van der Waals surface area contributed by atoms with Crippen LogP contribution in [0.3, 0.4) is 0 Å². The highest BCUT2D eigenvalue weighted by Gasteiger charge is 2.10. The number of hydrogen-bond donors (Lipinski definition) is 2. The van der Waals surface area contributed by atoms with Crippen LogP contribution in [-0.2, 0) is 11.2 Å². The lowest BCUT2D eigenvalue weighted by atomic mass is 10.1. The van der Waals surface area contributed by atoms with Gasteiger partial charge in [-0.1, -0.05) is 36.4 Å². The molecule has 0 aliphatic rings. The maximum atomic E-state index is 11.8. The highest BCUT2D eigenvalue weighted by molar-refractivity contribution is 7.10. The molecule has 4 heteroatoms. The van der Waals surface area contributed by atoms with Crippen LogP contribution in [0.25, 0.3) is 6.08 Å². The average molecular weight is 287 g/mol. The molecule has 0 fully saturated rings. The molecule has 1 aromatic carbocycles. The molecule has 1 aromatic heterocycles. The standard InChI is InChI=1S/C16H17NO2S/c18-12-14(11-13-5-2-1-3-6-13)17-16(19)9-8-15-7-4-10-20-15/h1-10,14,18H,11-12H2,(H,17,19)/b9-8+/t14-/m1/s1. The molecule has 2 N–H and O–H groups in total. The molecular formula is C16H17NO2S. The lowest BCUT2D eigenvalue weighted by Crippen LogP contribution is -2.38. The van der Waals surface area contributed by atoms with Gasteiger partial charge in [0.25, 0.3) is 0 Å². The minimum absolute atomic E-state index is 0.0759. The summed E-state index contributed by atoms with van der Waals surface area (Å²) in [4.78, 5) is 12.8. The Labute approximate surface area is 122 Å². The molecule has 1 heterocycles. The fourth-order valence-electron chi connectivity index (χ4n) is 1.85.